The minimum atomic E-state index is -2.59. The van der Waals surface area contributed by atoms with Crippen LogP contribution in [-0.2, 0) is 13.3 Å². The smallest absolute Gasteiger partial charge is 0.494 e. The highest BCUT2D eigenvalue weighted by molar-refractivity contribution is 6.60. The standard InChI is InChI=1S/C25H38O5Si/c1-5-9-19-26-24-15-11-22(12-16-24)23-13-17-25(18-14-23)27-20-10-21-31(28-6-2,29-7-3)30-8-4/h11-18H,5-10,19-21H2,1-4H3. The molecule has 0 unspecified atom stereocenters. The molecular weight excluding hydrogens is 408 g/mol. The minimum absolute atomic E-state index is 0.598. The summed E-state index contributed by atoms with van der Waals surface area (Å²) in [6.45, 7) is 11.3. The quantitative estimate of drug-likeness (QED) is 0.222. The zero-order valence-corrected chi connectivity index (χ0v) is 20.5. The van der Waals surface area contributed by atoms with Crippen LogP contribution in [0.4, 0.5) is 0 Å². The molecule has 0 saturated heterocycles. The minimum Gasteiger partial charge on any atom is -0.494 e. The average Bonchev–Trinajstić information content (AvgIpc) is 2.78. The molecule has 31 heavy (non-hydrogen) atoms. The van der Waals surface area contributed by atoms with Crippen molar-refractivity contribution in [3.63, 3.8) is 0 Å². The van der Waals surface area contributed by atoms with Crippen molar-refractivity contribution in [2.45, 2.75) is 53.0 Å². The van der Waals surface area contributed by atoms with Crippen LogP contribution in [0.5, 0.6) is 11.5 Å². The first-order chi connectivity index (χ1) is 15.2. The van der Waals surface area contributed by atoms with Crippen LogP contribution in [0.3, 0.4) is 0 Å². The number of benzene rings is 2. The van der Waals surface area contributed by atoms with Crippen molar-refractivity contribution in [2.75, 3.05) is 33.0 Å². The number of rotatable bonds is 16. The molecule has 2 aromatic rings. The summed E-state index contributed by atoms with van der Waals surface area (Å²) in [6, 6.07) is 17.2. The second-order valence-electron chi connectivity index (χ2n) is 7.18. The Morgan fingerprint density at radius 2 is 1.00 bits per heavy atom. The van der Waals surface area contributed by atoms with Gasteiger partial charge in [0.05, 0.1) is 13.2 Å². The SMILES string of the molecule is CCCCOc1ccc(-c2ccc(OCCC[Si](OCC)(OCC)OCC)cc2)cc1. The third-order valence-corrected chi connectivity index (χ3v) is 7.95. The van der Waals surface area contributed by atoms with Gasteiger partial charge in [0.1, 0.15) is 11.5 Å². The van der Waals surface area contributed by atoms with E-state index in [9.17, 15) is 0 Å². The topological polar surface area (TPSA) is 46.2 Å². The van der Waals surface area contributed by atoms with Gasteiger partial charge in [-0.2, -0.15) is 0 Å². The Morgan fingerprint density at radius 1 is 0.581 bits per heavy atom. The Hall–Kier alpha value is -1.86. The van der Waals surface area contributed by atoms with Gasteiger partial charge in [0.2, 0.25) is 0 Å². The number of unbranched alkanes of at least 4 members (excludes halogenated alkanes) is 1. The van der Waals surface area contributed by atoms with Crippen molar-refractivity contribution in [3.05, 3.63) is 48.5 Å². The number of hydrogen-bond donors (Lipinski definition) is 0. The molecule has 2 aromatic carbocycles. The molecule has 0 heterocycles. The molecule has 172 valence electrons. The molecule has 0 spiro atoms. The van der Waals surface area contributed by atoms with Gasteiger partial charge in [-0.25, -0.2) is 0 Å². The summed E-state index contributed by atoms with van der Waals surface area (Å²) >= 11 is 0. The van der Waals surface area contributed by atoms with Crippen molar-refractivity contribution in [1.29, 1.82) is 0 Å². The zero-order valence-electron chi connectivity index (χ0n) is 19.5. The summed E-state index contributed by atoms with van der Waals surface area (Å²) in [5, 5.41) is 0. The Morgan fingerprint density at radius 3 is 1.39 bits per heavy atom. The summed E-state index contributed by atoms with van der Waals surface area (Å²) in [7, 11) is -2.59. The Kier molecular flexibility index (Phi) is 11.7. The average molecular weight is 447 g/mol. The Bertz CT molecular complexity index is 701. The molecule has 2 rings (SSSR count). The molecule has 0 bridgehead atoms. The van der Waals surface area contributed by atoms with Crippen LogP contribution in [0.25, 0.3) is 11.1 Å². The molecule has 5 nitrogen and oxygen atoms in total. The lowest BCUT2D eigenvalue weighted by Crippen LogP contribution is -2.46. The maximum absolute atomic E-state index is 5.94. The van der Waals surface area contributed by atoms with Crippen LogP contribution in [-0.4, -0.2) is 41.8 Å². The van der Waals surface area contributed by atoms with Crippen molar-refractivity contribution in [1.82, 2.24) is 0 Å². The Balaban J connectivity index is 1.84. The van der Waals surface area contributed by atoms with E-state index in [-0.39, 0.29) is 0 Å². The van der Waals surface area contributed by atoms with Gasteiger partial charge >= 0.3 is 8.80 Å². The van der Waals surface area contributed by atoms with Gasteiger partial charge in [-0.1, -0.05) is 37.6 Å². The van der Waals surface area contributed by atoms with E-state index >= 15 is 0 Å². The molecule has 0 fully saturated rings. The van der Waals surface area contributed by atoms with Crippen LogP contribution >= 0.6 is 0 Å². The van der Waals surface area contributed by atoms with E-state index < -0.39 is 8.80 Å². The van der Waals surface area contributed by atoms with E-state index in [1.165, 1.54) is 0 Å². The second-order valence-corrected chi connectivity index (χ2v) is 9.92. The second kappa shape index (κ2) is 14.2. The van der Waals surface area contributed by atoms with E-state index in [1.54, 1.807) is 0 Å². The summed E-state index contributed by atoms with van der Waals surface area (Å²) in [5.74, 6) is 1.78. The Labute approximate surface area is 189 Å². The first-order valence-electron chi connectivity index (χ1n) is 11.5. The van der Waals surface area contributed by atoms with E-state index in [4.69, 9.17) is 22.8 Å². The summed E-state index contributed by atoms with van der Waals surface area (Å²) < 4.78 is 29.4. The zero-order chi connectivity index (χ0) is 22.4. The highest BCUT2D eigenvalue weighted by Gasteiger charge is 2.39. The van der Waals surface area contributed by atoms with Gasteiger partial charge in [0, 0.05) is 25.9 Å². The van der Waals surface area contributed by atoms with Crippen LogP contribution in [0, 0.1) is 0 Å². The molecule has 0 aliphatic rings. The molecule has 6 heteroatoms. The molecule has 0 aliphatic heterocycles. The normalized spacial score (nSPS) is 11.5. The van der Waals surface area contributed by atoms with Gasteiger partial charge in [-0.15, -0.1) is 0 Å². The van der Waals surface area contributed by atoms with Gasteiger partial charge in [0.15, 0.2) is 0 Å². The lowest BCUT2D eigenvalue weighted by Gasteiger charge is -2.28. The third-order valence-electron chi connectivity index (χ3n) is 4.80. The summed E-state index contributed by atoms with van der Waals surface area (Å²) in [6.07, 6.45) is 3.05. The fourth-order valence-corrected chi connectivity index (χ4v) is 5.88. The van der Waals surface area contributed by atoms with E-state index in [2.05, 4.69) is 31.2 Å². The van der Waals surface area contributed by atoms with Gasteiger partial charge in [-0.3, -0.25) is 0 Å². The highest BCUT2D eigenvalue weighted by Crippen LogP contribution is 2.25. The predicted molar refractivity (Wildman–Crippen MR) is 128 cm³/mol. The van der Waals surface area contributed by atoms with Gasteiger partial charge in [-0.05, 0) is 69.0 Å². The molecule has 0 amide bonds. The largest absolute Gasteiger partial charge is 0.501 e. The van der Waals surface area contributed by atoms with E-state index in [1.807, 2.05) is 45.0 Å². The van der Waals surface area contributed by atoms with Crippen molar-refractivity contribution in [3.8, 4) is 22.6 Å². The van der Waals surface area contributed by atoms with Crippen LogP contribution in [0.1, 0.15) is 47.0 Å². The molecule has 0 saturated carbocycles. The van der Waals surface area contributed by atoms with Crippen LogP contribution < -0.4 is 9.47 Å². The molecule has 0 N–H and O–H groups in total. The molecule has 0 atom stereocenters. The maximum Gasteiger partial charge on any atom is 0.501 e. The van der Waals surface area contributed by atoms with E-state index in [0.29, 0.717) is 26.4 Å². The molecule has 0 radical (unpaired) electrons. The monoisotopic (exact) mass is 446 g/mol. The number of ether oxygens (including phenoxy) is 2. The third kappa shape index (κ3) is 8.65. The van der Waals surface area contributed by atoms with Crippen LogP contribution in [0.15, 0.2) is 48.5 Å². The molecule has 0 aromatic heterocycles. The molecular formula is C25H38O5Si. The van der Waals surface area contributed by atoms with Gasteiger partial charge < -0.3 is 22.8 Å². The van der Waals surface area contributed by atoms with Crippen molar-refractivity contribution >= 4 is 8.80 Å². The van der Waals surface area contributed by atoms with E-state index in [0.717, 1.165) is 54.5 Å². The maximum atomic E-state index is 5.94. The summed E-state index contributed by atoms with van der Waals surface area (Å²) in [5.41, 5.74) is 2.32. The fourth-order valence-electron chi connectivity index (χ4n) is 3.30. The molecule has 0 aliphatic carbocycles. The number of hydrogen-bond acceptors (Lipinski definition) is 5. The highest BCUT2D eigenvalue weighted by atomic mass is 28.4. The van der Waals surface area contributed by atoms with Crippen molar-refractivity contribution < 1.29 is 22.8 Å². The fraction of sp³-hybridized carbons (Fsp3) is 0.520. The van der Waals surface area contributed by atoms with Crippen LogP contribution in [0.2, 0.25) is 6.04 Å². The lowest BCUT2D eigenvalue weighted by atomic mass is 10.1. The van der Waals surface area contributed by atoms with Gasteiger partial charge in [0.25, 0.3) is 0 Å². The first kappa shape index (κ1) is 25.4. The lowest BCUT2D eigenvalue weighted by molar-refractivity contribution is 0.0696. The van der Waals surface area contributed by atoms with Crippen molar-refractivity contribution in [2.24, 2.45) is 0 Å². The first-order valence-corrected chi connectivity index (χ1v) is 13.5. The summed E-state index contributed by atoms with van der Waals surface area (Å²) in [4.78, 5) is 0. The predicted octanol–water partition coefficient (Wildman–Crippen LogP) is 6.35.